The largest absolute Gasteiger partial charge is 0.303 e. The Hall–Kier alpha value is -1.11. The quantitative estimate of drug-likeness (QED) is 0.568. The summed E-state index contributed by atoms with van der Waals surface area (Å²) in [4.78, 5) is 10.7. The first-order valence-electron chi connectivity index (χ1n) is 4.11. The number of carbonyl (C=O) groups excluding carboxylic acids is 1. The maximum Gasteiger partial charge on any atom is 0.127 e. The fraction of sp³-hybridized carbons (Fsp3) is 0.222. The van der Waals surface area contributed by atoms with Gasteiger partial charge in [0.05, 0.1) is 0 Å². The van der Waals surface area contributed by atoms with E-state index in [2.05, 4.69) is 0 Å². The first kappa shape index (κ1) is 4.67. The Labute approximate surface area is 63.5 Å². The van der Waals surface area contributed by atoms with E-state index in [0.717, 1.165) is 0 Å². The van der Waals surface area contributed by atoms with Gasteiger partial charge in [-0.15, -0.1) is 0 Å². The molecule has 0 aliphatic rings. The van der Waals surface area contributed by atoms with Crippen molar-refractivity contribution in [2.45, 2.75) is 12.8 Å². The van der Waals surface area contributed by atoms with Crippen LogP contribution in [0.5, 0.6) is 0 Å². The van der Waals surface area contributed by atoms with E-state index >= 15 is 0 Å². The van der Waals surface area contributed by atoms with E-state index < -0.39 is 12.2 Å². The lowest BCUT2D eigenvalue weighted by atomic mass is 10.0. The van der Waals surface area contributed by atoms with Crippen LogP contribution in [0.2, 0.25) is 0 Å². The van der Waals surface area contributed by atoms with Crippen LogP contribution in [0.4, 0.5) is 0 Å². The van der Waals surface area contributed by atoms with E-state index in [-0.39, 0.29) is 0 Å². The molecule has 0 aliphatic heterocycles. The van der Waals surface area contributed by atoms with E-state index in [1.807, 2.05) is 6.07 Å². The number of carbonyl (C=O) groups is 1. The standard InChI is InChI=1S/C9H10O/c1-8(7-10)9-5-3-2-4-6-9/h2-8H,1H3/i7D,8D. The monoisotopic (exact) mass is 136 g/mol. The van der Waals surface area contributed by atoms with Gasteiger partial charge in [0, 0.05) is 7.26 Å². The van der Waals surface area contributed by atoms with Crippen molar-refractivity contribution in [2.75, 3.05) is 0 Å². The molecule has 52 valence electrons. The van der Waals surface area contributed by atoms with Gasteiger partial charge in [-0.3, -0.25) is 0 Å². The minimum Gasteiger partial charge on any atom is -0.303 e. The average molecular weight is 136 g/mol. The van der Waals surface area contributed by atoms with Crippen molar-refractivity contribution in [3.63, 3.8) is 0 Å². The molecule has 0 saturated carbocycles. The Morgan fingerprint density at radius 3 is 2.70 bits per heavy atom. The van der Waals surface area contributed by atoms with Crippen molar-refractivity contribution >= 4 is 6.26 Å². The number of benzene rings is 1. The minimum atomic E-state index is -1.43. The van der Waals surface area contributed by atoms with E-state index in [4.69, 9.17) is 2.74 Å². The summed E-state index contributed by atoms with van der Waals surface area (Å²) in [5, 5.41) is 0. The van der Waals surface area contributed by atoms with E-state index in [1.165, 1.54) is 6.92 Å². The summed E-state index contributed by atoms with van der Waals surface area (Å²) in [7, 11) is 0. The molecule has 0 spiro atoms. The summed E-state index contributed by atoms with van der Waals surface area (Å²) in [6.45, 7) is 1.43. The molecule has 0 amide bonds. The summed E-state index contributed by atoms with van der Waals surface area (Å²) in [5.74, 6) is -1.43. The highest BCUT2D eigenvalue weighted by atomic mass is 16.1. The van der Waals surface area contributed by atoms with Crippen molar-refractivity contribution in [2.24, 2.45) is 0 Å². The molecule has 10 heavy (non-hydrogen) atoms. The molecular weight excluding hydrogens is 124 g/mol. The van der Waals surface area contributed by atoms with Gasteiger partial charge in [-0.25, -0.2) is 0 Å². The third-order valence-corrected chi connectivity index (χ3v) is 1.36. The van der Waals surface area contributed by atoms with Crippen LogP contribution in [0.3, 0.4) is 0 Å². The molecule has 0 aromatic heterocycles. The molecule has 0 radical (unpaired) electrons. The van der Waals surface area contributed by atoms with Crippen molar-refractivity contribution in [3.05, 3.63) is 35.9 Å². The molecule has 0 bridgehead atoms. The maximum absolute atomic E-state index is 10.7. The second-order valence-corrected chi connectivity index (χ2v) is 2.09. The molecule has 1 aromatic carbocycles. The number of aldehydes is 1. The second kappa shape index (κ2) is 3.16. The van der Waals surface area contributed by atoms with Crippen LogP contribution < -0.4 is 0 Å². The Bertz CT molecular complexity index is 280. The average Bonchev–Trinajstić information content (AvgIpc) is 2.06. The Balaban J connectivity index is 3.06. The van der Waals surface area contributed by atoms with Crippen LogP contribution in [0, 0.1) is 0 Å². The molecule has 1 unspecified atom stereocenters. The van der Waals surface area contributed by atoms with Crippen LogP contribution in [-0.4, -0.2) is 6.26 Å². The SMILES string of the molecule is [2H]C(=O)C([2H])(C)c1ccccc1. The number of hydrogen-bond donors (Lipinski definition) is 0. The second-order valence-electron chi connectivity index (χ2n) is 2.09. The fourth-order valence-electron chi connectivity index (χ4n) is 0.747. The summed E-state index contributed by atoms with van der Waals surface area (Å²) in [6.07, 6.45) is -0.881. The predicted molar refractivity (Wildman–Crippen MR) is 40.9 cm³/mol. The van der Waals surface area contributed by atoms with Gasteiger partial charge in [0.15, 0.2) is 0 Å². The van der Waals surface area contributed by atoms with Crippen LogP contribution in [-0.2, 0) is 4.79 Å². The molecule has 1 aromatic rings. The van der Waals surface area contributed by atoms with Gasteiger partial charge in [0.25, 0.3) is 0 Å². The van der Waals surface area contributed by atoms with E-state index in [0.29, 0.717) is 5.56 Å². The molecule has 0 fully saturated rings. The summed E-state index contributed by atoms with van der Waals surface area (Å²) in [5.41, 5.74) is 0.560. The van der Waals surface area contributed by atoms with E-state index in [9.17, 15) is 4.79 Å². The lowest BCUT2D eigenvalue weighted by Gasteiger charge is -2.00. The molecule has 1 atom stereocenters. The summed E-state index contributed by atoms with van der Waals surface area (Å²) >= 11 is 0. The van der Waals surface area contributed by atoms with Crippen LogP contribution in [0.15, 0.2) is 30.3 Å². The Kier molecular flexibility index (Phi) is 1.47. The Morgan fingerprint density at radius 2 is 2.20 bits per heavy atom. The zero-order valence-electron chi connectivity index (χ0n) is 7.79. The summed E-state index contributed by atoms with van der Waals surface area (Å²) < 4.78 is 14.5. The molecule has 0 heterocycles. The molecule has 1 heteroatoms. The molecule has 0 N–H and O–H groups in total. The van der Waals surface area contributed by atoms with Crippen LogP contribution >= 0.6 is 0 Å². The van der Waals surface area contributed by atoms with Crippen molar-refractivity contribution in [1.29, 1.82) is 0 Å². The van der Waals surface area contributed by atoms with Crippen LogP contribution in [0.25, 0.3) is 0 Å². The lowest BCUT2D eigenvalue weighted by molar-refractivity contribution is -0.108. The Morgan fingerprint density at radius 1 is 1.60 bits per heavy atom. The highest BCUT2D eigenvalue weighted by Crippen LogP contribution is 2.10. The molecular formula is C9H10O. The smallest absolute Gasteiger partial charge is 0.127 e. The first-order chi connectivity index (χ1) is 5.55. The predicted octanol–water partition coefficient (Wildman–Crippen LogP) is 1.99. The zero-order chi connectivity index (χ0) is 9.19. The third kappa shape index (κ3) is 1.44. The van der Waals surface area contributed by atoms with Gasteiger partial charge in [-0.2, -0.15) is 0 Å². The number of hydrogen-bond acceptors (Lipinski definition) is 1. The molecule has 0 saturated heterocycles. The number of rotatable bonds is 2. The van der Waals surface area contributed by atoms with Crippen molar-refractivity contribution in [1.82, 2.24) is 0 Å². The fourth-order valence-corrected chi connectivity index (χ4v) is 0.747. The minimum absolute atomic E-state index is 0.560. The zero-order valence-corrected chi connectivity index (χ0v) is 5.79. The van der Waals surface area contributed by atoms with Gasteiger partial charge in [0.1, 0.15) is 7.63 Å². The van der Waals surface area contributed by atoms with Gasteiger partial charge in [0.2, 0.25) is 0 Å². The van der Waals surface area contributed by atoms with Crippen molar-refractivity contribution < 1.29 is 7.54 Å². The van der Waals surface area contributed by atoms with Gasteiger partial charge in [-0.1, -0.05) is 37.3 Å². The third-order valence-electron chi connectivity index (χ3n) is 1.36. The highest BCUT2D eigenvalue weighted by Gasteiger charge is 1.99. The lowest BCUT2D eigenvalue weighted by Crippen LogP contribution is -1.92. The van der Waals surface area contributed by atoms with Gasteiger partial charge in [-0.05, 0) is 5.56 Å². The van der Waals surface area contributed by atoms with Gasteiger partial charge < -0.3 is 4.79 Å². The molecule has 1 nitrogen and oxygen atoms in total. The highest BCUT2D eigenvalue weighted by molar-refractivity contribution is 5.61. The van der Waals surface area contributed by atoms with Crippen LogP contribution in [0.1, 0.15) is 21.1 Å². The van der Waals surface area contributed by atoms with Gasteiger partial charge >= 0.3 is 0 Å². The van der Waals surface area contributed by atoms with E-state index in [1.54, 1.807) is 24.3 Å². The maximum atomic E-state index is 10.7. The normalized spacial score (nSPS) is 18.5. The summed E-state index contributed by atoms with van der Waals surface area (Å²) in [6, 6.07) is 8.68. The molecule has 0 aliphatic carbocycles. The molecule has 1 rings (SSSR count). The van der Waals surface area contributed by atoms with Crippen molar-refractivity contribution in [3.8, 4) is 0 Å². The topological polar surface area (TPSA) is 17.1 Å². The first-order valence-corrected chi connectivity index (χ1v) is 3.11.